The Labute approximate surface area is 150 Å². The van der Waals surface area contributed by atoms with Crippen LogP contribution in [0.5, 0.6) is 11.5 Å². The lowest BCUT2D eigenvalue weighted by atomic mass is 10.1. The van der Waals surface area contributed by atoms with Gasteiger partial charge < -0.3 is 24.0 Å². The molecule has 134 valence electrons. The molecule has 25 heavy (non-hydrogen) atoms. The zero-order chi connectivity index (χ0) is 17.6. The second-order valence-corrected chi connectivity index (χ2v) is 7.23. The van der Waals surface area contributed by atoms with Gasteiger partial charge in [0.25, 0.3) is 5.91 Å². The summed E-state index contributed by atoms with van der Waals surface area (Å²) >= 11 is 1.62. The molecule has 8 heteroatoms. The number of rotatable bonds is 3. The van der Waals surface area contributed by atoms with Gasteiger partial charge in [-0.15, -0.1) is 11.8 Å². The van der Waals surface area contributed by atoms with E-state index >= 15 is 0 Å². The van der Waals surface area contributed by atoms with Crippen molar-refractivity contribution in [2.45, 2.75) is 11.4 Å². The molecule has 7 nitrogen and oxygen atoms in total. The normalized spacial score (nSPS) is 25.0. The Balaban J connectivity index is 1.66. The molecule has 1 aromatic rings. The van der Waals surface area contributed by atoms with Crippen LogP contribution in [-0.2, 0) is 9.53 Å². The zero-order valence-electron chi connectivity index (χ0n) is 14.2. The molecule has 3 aliphatic rings. The standard InChI is InChI=1S/C17H20N2O5S/c1-22-12-4-3-10-13(14(12)23-2)16(21)19-11(9-25-17(10)19)15(20)18-5-7-24-8-6-18/h3-4,11,17H,5-9H2,1-2H3/t11-,17+/m1/s1. The molecular formula is C17H20N2O5S. The number of thioether (sulfide) groups is 1. The molecule has 0 spiro atoms. The van der Waals surface area contributed by atoms with Gasteiger partial charge >= 0.3 is 0 Å². The molecule has 1 aromatic carbocycles. The van der Waals surface area contributed by atoms with Gasteiger partial charge in [0.15, 0.2) is 11.5 Å². The number of methoxy groups -OCH3 is 2. The van der Waals surface area contributed by atoms with Gasteiger partial charge in [-0.05, 0) is 6.07 Å². The summed E-state index contributed by atoms with van der Waals surface area (Å²) in [7, 11) is 3.07. The minimum atomic E-state index is -0.441. The van der Waals surface area contributed by atoms with Crippen molar-refractivity contribution in [3.8, 4) is 11.5 Å². The molecule has 0 bridgehead atoms. The molecule has 0 N–H and O–H groups in total. The van der Waals surface area contributed by atoms with Crippen molar-refractivity contribution in [3.05, 3.63) is 23.3 Å². The number of nitrogens with zero attached hydrogens (tertiary/aromatic N) is 2. The van der Waals surface area contributed by atoms with Crippen molar-refractivity contribution >= 4 is 23.6 Å². The van der Waals surface area contributed by atoms with E-state index in [1.165, 1.54) is 7.11 Å². The Hall–Kier alpha value is -1.93. The van der Waals surface area contributed by atoms with E-state index < -0.39 is 6.04 Å². The lowest BCUT2D eigenvalue weighted by Gasteiger charge is -2.32. The Morgan fingerprint density at radius 2 is 2.00 bits per heavy atom. The van der Waals surface area contributed by atoms with Crippen molar-refractivity contribution in [1.82, 2.24) is 9.80 Å². The predicted molar refractivity (Wildman–Crippen MR) is 92.1 cm³/mol. The molecule has 2 fully saturated rings. The van der Waals surface area contributed by atoms with Gasteiger partial charge in [-0.2, -0.15) is 0 Å². The van der Waals surface area contributed by atoms with E-state index in [2.05, 4.69) is 0 Å². The number of morpholine rings is 1. The summed E-state index contributed by atoms with van der Waals surface area (Å²) in [6.07, 6.45) is 0. The first-order valence-corrected chi connectivity index (χ1v) is 9.28. The lowest BCUT2D eigenvalue weighted by molar-refractivity contribution is -0.139. The van der Waals surface area contributed by atoms with Gasteiger partial charge in [0, 0.05) is 24.4 Å². The van der Waals surface area contributed by atoms with Crippen LogP contribution in [-0.4, -0.2) is 73.9 Å². The van der Waals surface area contributed by atoms with E-state index in [-0.39, 0.29) is 17.2 Å². The first-order chi connectivity index (χ1) is 12.2. The van der Waals surface area contributed by atoms with Crippen LogP contribution in [0.4, 0.5) is 0 Å². The highest BCUT2D eigenvalue weighted by atomic mass is 32.2. The summed E-state index contributed by atoms with van der Waals surface area (Å²) in [6.45, 7) is 2.26. The van der Waals surface area contributed by atoms with E-state index in [0.717, 1.165) is 5.56 Å². The highest BCUT2D eigenvalue weighted by Crippen LogP contribution is 2.52. The molecule has 3 heterocycles. The number of fused-ring (bicyclic) bond motifs is 3. The molecule has 0 saturated carbocycles. The second-order valence-electron chi connectivity index (χ2n) is 6.12. The maximum Gasteiger partial charge on any atom is 0.260 e. The average molecular weight is 364 g/mol. The van der Waals surface area contributed by atoms with Crippen LogP contribution in [0, 0.1) is 0 Å². The van der Waals surface area contributed by atoms with E-state index in [9.17, 15) is 9.59 Å². The van der Waals surface area contributed by atoms with E-state index in [4.69, 9.17) is 14.2 Å². The van der Waals surface area contributed by atoms with Crippen LogP contribution >= 0.6 is 11.8 Å². The minimum Gasteiger partial charge on any atom is -0.493 e. The maximum absolute atomic E-state index is 13.1. The monoisotopic (exact) mass is 364 g/mol. The summed E-state index contributed by atoms with van der Waals surface area (Å²) in [6, 6.07) is 3.27. The summed E-state index contributed by atoms with van der Waals surface area (Å²) in [5.74, 6) is 1.42. The Kier molecular flexibility index (Phi) is 4.24. The highest BCUT2D eigenvalue weighted by molar-refractivity contribution is 7.99. The number of hydrogen-bond acceptors (Lipinski definition) is 6. The topological polar surface area (TPSA) is 68.3 Å². The SMILES string of the molecule is COc1ccc2c(c1OC)C(=O)N1[C@@H](C(=O)N3CCOCC3)CS[C@@H]21. The number of carbonyl (C=O) groups is 2. The summed E-state index contributed by atoms with van der Waals surface area (Å²) in [4.78, 5) is 29.5. The van der Waals surface area contributed by atoms with Crippen LogP contribution in [0.1, 0.15) is 21.3 Å². The number of hydrogen-bond donors (Lipinski definition) is 0. The first kappa shape index (κ1) is 16.5. The van der Waals surface area contributed by atoms with Gasteiger partial charge in [0.2, 0.25) is 5.91 Å². The van der Waals surface area contributed by atoms with Crippen molar-refractivity contribution in [2.24, 2.45) is 0 Å². The third kappa shape index (κ3) is 2.46. The fourth-order valence-electron chi connectivity index (χ4n) is 3.68. The van der Waals surface area contributed by atoms with Crippen LogP contribution in [0.25, 0.3) is 0 Å². The molecule has 0 radical (unpaired) electrons. The predicted octanol–water partition coefficient (Wildman–Crippen LogP) is 1.13. The molecule has 2 amide bonds. The van der Waals surface area contributed by atoms with Crippen LogP contribution in [0.15, 0.2) is 12.1 Å². The molecule has 3 aliphatic heterocycles. The van der Waals surface area contributed by atoms with Crippen molar-refractivity contribution in [1.29, 1.82) is 0 Å². The molecule has 4 rings (SSSR count). The Morgan fingerprint density at radius 1 is 1.24 bits per heavy atom. The van der Waals surface area contributed by atoms with Crippen molar-refractivity contribution in [2.75, 3.05) is 46.3 Å². The van der Waals surface area contributed by atoms with E-state index in [1.807, 2.05) is 12.1 Å². The van der Waals surface area contributed by atoms with Gasteiger partial charge in [0.05, 0.1) is 33.0 Å². The smallest absolute Gasteiger partial charge is 0.260 e. The van der Waals surface area contributed by atoms with Gasteiger partial charge in [-0.3, -0.25) is 9.59 Å². The van der Waals surface area contributed by atoms with Gasteiger partial charge in [-0.25, -0.2) is 0 Å². The number of amides is 2. The van der Waals surface area contributed by atoms with Crippen LogP contribution in [0.2, 0.25) is 0 Å². The second kappa shape index (κ2) is 6.42. The summed E-state index contributed by atoms with van der Waals surface area (Å²) in [5.41, 5.74) is 1.41. The van der Waals surface area contributed by atoms with Crippen molar-refractivity contribution in [3.63, 3.8) is 0 Å². The molecule has 0 aromatic heterocycles. The van der Waals surface area contributed by atoms with Gasteiger partial charge in [0.1, 0.15) is 11.4 Å². The summed E-state index contributed by atoms with van der Waals surface area (Å²) in [5, 5.41) is -0.141. The Bertz CT molecular complexity index is 719. The summed E-state index contributed by atoms with van der Waals surface area (Å²) < 4.78 is 16.1. The van der Waals surface area contributed by atoms with Crippen molar-refractivity contribution < 1.29 is 23.8 Å². The zero-order valence-corrected chi connectivity index (χ0v) is 15.0. The van der Waals surface area contributed by atoms with Crippen LogP contribution in [0.3, 0.4) is 0 Å². The lowest BCUT2D eigenvalue weighted by Crippen LogP contribution is -2.51. The number of benzene rings is 1. The molecule has 0 unspecified atom stereocenters. The third-order valence-electron chi connectivity index (χ3n) is 4.90. The number of ether oxygens (including phenoxy) is 3. The quantitative estimate of drug-likeness (QED) is 0.801. The van der Waals surface area contributed by atoms with Crippen LogP contribution < -0.4 is 9.47 Å². The molecule has 2 saturated heterocycles. The molecule has 2 atom stereocenters. The fourth-order valence-corrected chi connectivity index (χ4v) is 5.12. The Morgan fingerprint density at radius 3 is 2.68 bits per heavy atom. The number of carbonyl (C=O) groups excluding carboxylic acids is 2. The third-order valence-corrected chi connectivity index (χ3v) is 6.21. The average Bonchev–Trinajstić information content (AvgIpc) is 3.21. The molecular weight excluding hydrogens is 344 g/mol. The van der Waals surface area contributed by atoms with E-state index in [0.29, 0.717) is 49.1 Å². The molecule has 0 aliphatic carbocycles. The minimum absolute atomic E-state index is 0.00499. The fraction of sp³-hybridized carbons (Fsp3) is 0.529. The van der Waals surface area contributed by atoms with Gasteiger partial charge in [-0.1, -0.05) is 6.07 Å². The highest BCUT2D eigenvalue weighted by Gasteiger charge is 2.51. The first-order valence-electron chi connectivity index (χ1n) is 8.23. The maximum atomic E-state index is 13.1. The van der Waals surface area contributed by atoms with E-state index in [1.54, 1.807) is 28.7 Å². The largest absolute Gasteiger partial charge is 0.493 e.